The van der Waals surface area contributed by atoms with Crippen LogP contribution in [0.5, 0.6) is 0 Å². The third kappa shape index (κ3) is 2.70. The van der Waals surface area contributed by atoms with Crippen LogP contribution >= 0.6 is 23.2 Å². The zero-order valence-electron chi connectivity index (χ0n) is 12.7. The molecule has 3 aromatic rings. The number of nitrogen functional groups attached to an aromatic ring is 1. The molecule has 0 saturated heterocycles. The number of benzene rings is 2. The van der Waals surface area contributed by atoms with Crippen molar-refractivity contribution >= 4 is 35.1 Å². The molecular formula is C17H15Cl2N5. The summed E-state index contributed by atoms with van der Waals surface area (Å²) in [7, 11) is 0. The Bertz CT molecular complexity index is 878. The lowest BCUT2D eigenvalue weighted by atomic mass is 9.93. The first-order valence-electron chi connectivity index (χ1n) is 7.60. The highest BCUT2D eigenvalue weighted by Crippen LogP contribution is 2.40. The van der Waals surface area contributed by atoms with Crippen LogP contribution < -0.4 is 11.1 Å². The Morgan fingerprint density at radius 3 is 2.67 bits per heavy atom. The smallest absolute Gasteiger partial charge is 0.241 e. The summed E-state index contributed by atoms with van der Waals surface area (Å²) in [5, 5.41) is 8.95. The molecule has 0 fully saturated rings. The van der Waals surface area contributed by atoms with Gasteiger partial charge in [-0.3, -0.25) is 0 Å². The van der Waals surface area contributed by atoms with Crippen molar-refractivity contribution in [2.24, 2.45) is 0 Å². The quantitative estimate of drug-likeness (QED) is 0.714. The molecule has 1 aliphatic rings. The molecule has 0 spiro atoms. The van der Waals surface area contributed by atoms with Crippen molar-refractivity contribution in [2.75, 3.05) is 11.1 Å². The van der Waals surface area contributed by atoms with Crippen LogP contribution in [0.25, 0.3) is 0 Å². The van der Waals surface area contributed by atoms with E-state index in [-0.39, 0.29) is 18.0 Å². The maximum Gasteiger partial charge on any atom is 0.241 e. The van der Waals surface area contributed by atoms with Gasteiger partial charge in [0.15, 0.2) is 0 Å². The van der Waals surface area contributed by atoms with Crippen molar-refractivity contribution in [3.63, 3.8) is 0 Å². The molecule has 24 heavy (non-hydrogen) atoms. The number of nitrogens with one attached hydrogen (secondary N) is 1. The van der Waals surface area contributed by atoms with Crippen molar-refractivity contribution in [1.82, 2.24) is 14.8 Å². The lowest BCUT2D eigenvalue weighted by Crippen LogP contribution is -2.28. The second kappa shape index (κ2) is 6.00. The van der Waals surface area contributed by atoms with Gasteiger partial charge in [0, 0.05) is 10.0 Å². The van der Waals surface area contributed by atoms with Gasteiger partial charge in [0.05, 0.1) is 12.1 Å². The topological polar surface area (TPSA) is 68.8 Å². The van der Waals surface area contributed by atoms with Crippen molar-refractivity contribution in [3.05, 3.63) is 69.7 Å². The number of nitrogens with two attached hydrogens (primary N) is 1. The zero-order valence-corrected chi connectivity index (χ0v) is 14.2. The predicted molar refractivity (Wildman–Crippen MR) is 96.5 cm³/mol. The molecule has 0 unspecified atom stereocenters. The van der Waals surface area contributed by atoms with E-state index in [2.05, 4.69) is 27.5 Å². The van der Waals surface area contributed by atoms with Crippen molar-refractivity contribution in [2.45, 2.75) is 18.5 Å². The summed E-state index contributed by atoms with van der Waals surface area (Å²) in [6, 6.07) is 15.8. The average Bonchev–Trinajstić information content (AvgIpc) is 2.95. The summed E-state index contributed by atoms with van der Waals surface area (Å²) in [6.45, 7) is 0. The highest BCUT2D eigenvalue weighted by atomic mass is 35.5. The number of anilines is 2. The fourth-order valence-electron chi connectivity index (χ4n) is 3.13. The van der Waals surface area contributed by atoms with Gasteiger partial charge in [0.2, 0.25) is 11.9 Å². The molecule has 2 aromatic carbocycles. The minimum Gasteiger partial charge on any atom is -0.366 e. The van der Waals surface area contributed by atoms with E-state index in [0.717, 1.165) is 12.0 Å². The number of halogens is 2. The van der Waals surface area contributed by atoms with Gasteiger partial charge in [-0.05, 0) is 29.7 Å². The molecule has 0 amide bonds. The van der Waals surface area contributed by atoms with E-state index in [4.69, 9.17) is 28.9 Å². The summed E-state index contributed by atoms with van der Waals surface area (Å²) in [5.41, 5.74) is 7.94. The van der Waals surface area contributed by atoms with Gasteiger partial charge in [-0.25, -0.2) is 4.68 Å². The maximum absolute atomic E-state index is 6.43. The van der Waals surface area contributed by atoms with E-state index in [1.807, 2.05) is 30.3 Å². The van der Waals surface area contributed by atoms with Crippen molar-refractivity contribution in [3.8, 4) is 0 Å². The number of aromatic nitrogens is 3. The second-order valence-corrected chi connectivity index (χ2v) is 6.61. The van der Waals surface area contributed by atoms with Crippen LogP contribution in [0.2, 0.25) is 10.0 Å². The number of hydrogen-bond donors (Lipinski definition) is 2. The first kappa shape index (κ1) is 15.3. The number of nitrogens with zero attached hydrogens (tertiary/aromatic N) is 3. The molecular weight excluding hydrogens is 345 g/mol. The Balaban J connectivity index is 1.79. The van der Waals surface area contributed by atoms with Gasteiger partial charge in [0.25, 0.3) is 0 Å². The highest BCUT2D eigenvalue weighted by Gasteiger charge is 2.31. The van der Waals surface area contributed by atoms with Crippen LogP contribution in [-0.4, -0.2) is 14.8 Å². The van der Waals surface area contributed by atoms with Gasteiger partial charge in [-0.2, -0.15) is 4.98 Å². The van der Waals surface area contributed by atoms with E-state index < -0.39 is 0 Å². The third-order valence-corrected chi connectivity index (χ3v) is 4.79. The lowest BCUT2D eigenvalue weighted by Gasteiger charge is -2.32. The summed E-state index contributed by atoms with van der Waals surface area (Å²) in [4.78, 5) is 4.30. The normalized spacial score (nSPS) is 19.6. The Hall–Kier alpha value is -2.24. The van der Waals surface area contributed by atoms with Gasteiger partial charge in [0.1, 0.15) is 0 Å². The molecule has 2 heterocycles. The Morgan fingerprint density at radius 2 is 1.92 bits per heavy atom. The Morgan fingerprint density at radius 1 is 1.12 bits per heavy atom. The molecule has 1 aromatic heterocycles. The molecule has 122 valence electrons. The molecule has 0 aliphatic carbocycles. The van der Waals surface area contributed by atoms with E-state index in [9.17, 15) is 0 Å². The third-order valence-electron chi connectivity index (χ3n) is 4.23. The summed E-state index contributed by atoms with van der Waals surface area (Å²) in [5.74, 6) is 0.880. The summed E-state index contributed by atoms with van der Waals surface area (Å²) < 4.78 is 1.80. The van der Waals surface area contributed by atoms with Crippen LogP contribution in [0.15, 0.2) is 48.5 Å². The van der Waals surface area contributed by atoms with Crippen LogP contribution in [0.4, 0.5) is 11.9 Å². The largest absolute Gasteiger partial charge is 0.366 e. The Kier molecular flexibility index (Phi) is 3.82. The molecule has 2 atom stereocenters. The predicted octanol–water partition coefficient (Wildman–Crippen LogP) is 4.31. The molecule has 0 saturated carbocycles. The monoisotopic (exact) mass is 359 g/mol. The average molecular weight is 360 g/mol. The van der Waals surface area contributed by atoms with E-state index in [1.165, 1.54) is 5.56 Å². The zero-order chi connectivity index (χ0) is 16.7. The SMILES string of the molecule is Nc1nc2n(n1)[C@H](c1ccc(Cl)cc1Cl)C[C@@H](c1ccccc1)N2. The second-order valence-electron chi connectivity index (χ2n) is 5.76. The van der Waals surface area contributed by atoms with Gasteiger partial charge < -0.3 is 11.1 Å². The highest BCUT2D eigenvalue weighted by molar-refractivity contribution is 6.35. The molecule has 0 bridgehead atoms. The van der Waals surface area contributed by atoms with Gasteiger partial charge in [-0.15, -0.1) is 5.10 Å². The van der Waals surface area contributed by atoms with Crippen molar-refractivity contribution < 1.29 is 0 Å². The molecule has 0 radical (unpaired) electrons. The molecule has 5 nitrogen and oxygen atoms in total. The van der Waals surface area contributed by atoms with Crippen LogP contribution in [-0.2, 0) is 0 Å². The first-order chi connectivity index (χ1) is 11.6. The minimum atomic E-state index is -0.0685. The Labute approximate surface area is 149 Å². The summed E-state index contributed by atoms with van der Waals surface area (Å²) >= 11 is 12.5. The van der Waals surface area contributed by atoms with Crippen LogP contribution in [0.3, 0.4) is 0 Å². The first-order valence-corrected chi connectivity index (χ1v) is 8.36. The lowest BCUT2D eigenvalue weighted by molar-refractivity contribution is 0.431. The summed E-state index contributed by atoms with van der Waals surface area (Å²) in [6.07, 6.45) is 0.779. The molecule has 1 aliphatic heterocycles. The van der Waals surface area contributed by atoms with Gasteiger partial charge >= 0.3 is 0 Å². The fraction of sp³-hybridized carbons (Fsp3) is 0.176. The molecule has 7 heteroatoms. The van der Waals surface area contributed by atoms with Gasteiger partial charge in [-0.1, -0.05) is 59.6 Å². The van der Waals surface area contributed by atoms with Crippen LogP contribution in [0, 0.1) is 0 Å². The van der Waals surface area contributed by atoms with E-state index in [0.29, 0.717) is 16.0 Å². The number of hydrogen-bond acceptors (Lipinski definition) is 4. The fourth-order valence-corrected chi connectivity index (χ4v) is 3.66. The van der Waals surface area contributed by atoms with Crippen LogP contribution in [0.1, 0.15) is 29.6 Å². The van der Waals surface area contributed by atoms with Crippen molar-refractivity contribution in [1.29, 1.82) is 0 Å². The molecule has 3 N–H and O–H groups in total. The molecule has 4 rings (SSSR count). The van der Waals surface area contributed by atoms with E-state index >= 15 is 0 Å². The minimum absolute atomic E-state index is 0.0685. The standard InChI is InChI=1S/C17H15Cl2N5/c18-11-6-7-12(13(19)8-11)15-9-14(10-4-2-1-3-5-10)21-17-22-16(20)23-24(15)17/h1-8,14-15H,9H2,(H3,20,21,22,23)/t14-,15-/m0/s1. The van der Waals surface area contributed by atoms with E-state index in [1.54, 1.807) is 10.7 Å². The maximum atomic E-state index is 6.43. The number of fused-ring (bicyclic) bond motifs is 1. The number of rotatable bonds is 2.